The van der Waals surface area contributed by atoms with Crippen molar-refractivity contribution in [3.05, 3.63) is 17.0 Å². The molecule has 0 aliphatic carbocycles. The number of unbranched alkanes of at least 4 members (excludes halogenated alkanes) is 6. The van der Waals surface area contributed by atoms with Crippen molar-refractivity contribution in [3.8, 4) is 0 Å². The highest BCUT2D eigenvalue weighted by atomic mass is 32.2. The largest absolute Gasteiger partial charge is 0.228 e. The quantitative estimate of drug-likeness (QED) is 0.280. The molecule has 0 N–H and O–H groups in total. The number of nitrogens with zero attached hydrogens (tertiary/aromatic N) is 2. The third-order valence-corrected chi connectivity index (χ3v) is 4.90. The topological polar surface area (TPSA) is 25.8 Å². The monoisotopic (exact) mass is 312 g/mol. The van der Waals surface area contributed by atoms with Gasteiger partial charge in [-0.05, 0) is 44.9 Å². The Kier molecular flexibility index (Phi) is 9.36. The third kappa shape index (κ3) is 6.98. The zero-order valence-electron chi connectivity index (χ0n) is 13.1. The molecule has 114 valence electrons. The Bertz CT molecular complexity index is 371. The van der Waals surface area contributed by atoms with Gasteiger partial charge in [-0.1, -0.05) is 43.9 Å². The Balaban J connectivity index is 2.10. The van der Waals surface area contributed by atoms with Crippen LogP contribution in [0.5, 0.6) is 0 Å². The summed E-state index contributed by atoms with van der Waals surface area (Å²) >= 11 is 6.03. The number of rotatable bonds is 10. The second-order valence-corrected chi connectivity index (χ2v) is 6.86. The number of thiol groups is 1. The lowest BCUT2D eigenvalue weighted by Gasteiger charge is -2.06. The van der Waals surface area contributed by atoms with Gasteiger partial charge < -0.3 is 0 Å². The smallest absolute Gasteiger partial charge is 0.187 e. The van der Waals surface area contributed by atoms with E-state index in [2.05, 4.69) is 43.4 Å². The van der Waals surface area contributed by atoms with Crippen LogP contribution >= 0.6 is 24.4 Å². The second kappa shape index (κ2) is 10.5. The first-order valence-electron chi connectivity index (χ1n) is 7.70. The van der Waals surface area contributed by atoms with Crippen molar-refractivity contribution >= 4 is 24.4 Å². The zero-order chi connectivity index (χ0) is 14.8. The summed E-state index contributed by atoms with van der Waals surface area (Å²) in [4.78, 5) is 9.09. The molecule has 1 aromatic rings. The van der Waals surface area contributed by atoms with Crippen LogP contribution in [-0.4, -0.2) is 21.5 Å². The minimum absolute atomic E-state index is 0.944. The molecule has 0 unspecified atom stereocenters. The van der Waals surface area contributed by atoms with Crippen molar-refractivity contribution in [1.29, 1.82) is 0 Å². The van der Waals surface area contributed by atoms with Crippen LogP contribution in [0.3, 0.4) is 0 Å². The molecule has 1 aromatic heterocycles. The summed E-state index contributed by atoms with van der Waals surface area (Å²) in [6.07, 6.45) is 9.31. The van der Waals surface area contributed by atoms with E-state index in [-0.39, 0.29) is 0 Å². The predicted molar refractivity (Wildman–Crippen MR) is 93.1 cm³/mol. The molecule has 0 aromatic carbocycles. The fourth-order valence-electron chi connectivity index (χ4n) is 2.07. The van der Waals surface area contributed by atoms with E-state index < -0.39 is 0 Å². The van der Waals surface area contributed by atoms with Crippen LogP contribution in [0, 0.1) is 20.8 Å². The van der Waals surface area contributed by atoms with Crippen molar-refractivity contribution in [1.82, 2.24) is 9.97 Å². The highest BCUT2D eigenvalue weighted by molar-refractivity contribution is 7.99. The van der Waals surface area contributed by atoms with Crippen LogP contribution in [0.2, 0.25) is 0 Å². The molecule has 0 aliphatic heterocycles. The molecular formula is C16H28N2S2. The van der Waals surface area contributed by atoms with E-state index in [9.17, 15) is 0 Å². The molecule has 20 heavy (non-hydrogen) atoms. The molecule has 1 heterocycles. The van der Waals surface area contributed by atoms with Crippen LogP contribution in [-0.2, 0) is 0 Å². The second-order valence-electron chi connectivity index (χ2n) is 5.35. The van der Waals surface area contributed by atoms with E-state index in [4.69, 9.17) is 0 Å². The number of aryl methyl sites for hydroxylation is 2. The van der Waals surface area contributed by atoms with Crippen LogP contribution in [0.4, 0.5) is 0 Å². The number of hydrogen-bond acceptors (Lipinski definition) is 4. The van der Waals surface area contributed by atoms with E-state index in [0.29, 0.717) is 0 Å². The fraction of sp³-hybridized carbons (Fsp3) is 0.750. The Morgan fingerprint density at radius 1 is 0.800 bits per heavy atom. The standard InChI is InChI=1S/C16H28N2S2/c1-13-14(2)17-16(18-15(13)3)20-12-10-8-6-4-5-7-9-11-19/h19H,4-12H2,1-3H3. The van der Waals surface area contributed by atoms with Crippen molar-refractivity contribution in [2.24, 2.45) is 0 Å². The normalized spacial score (nSPS) is 11.0. The van der Waals surface area contributed by atoms with Gasteiger partial charge in [-0.3, -0.25) is 0 Å². The van der Waals surface area contributed by atoms with Crippen molar-refractivity contribution in [2.75, 3.05) is 11.5 Å². The van der Waals surface area contributed by atoms with E-state index in [1.165, 1.54) is 50.5 Å². The van der Waals surface area contributed by atoms with Gasteiger partial charge in [-0.15, -0.1) is 0 Å². The van der Waals surface area contributed by atoms with Gasteiger partial charge in [-0.25, -0.2) is 9.97 Å². The maximum atomic E-state index is 4.55. The Morgan fingerprint density at radius 3 is 1.85 bits per heavy atom. The lowest BCUT2D eigenvalue weighted by atomic mass is 10.1. The first-order chi connectivity index (χ1) is 9.65. The highest BCUT2D eigenvalue weighted by Gasteiger charge is 2.04. The van der Waals surface area contributed by atoms with Crippen LogP contribution < -0.4 is 0 Å². The Labute approximate surface area is 134 Å². The molecule has 2 nitrogen and oxygen atoms in total. The highest BCUT2D eigenvalue weighted by Crippen LogP contribution is 2.19. The summed E-state index contributed by atoms with van der Waals surface area (Å²) in [5, 5.41) is 0.944. The minimum atomic E-state index is 0.944. The van der Waals surface area contributed by atoms with Crippen LogP contribution in [0.25, 0.3) is 0 Å². The molecule has 0 saturated carbocycles. The molecule has 0 radical (unpaired) electrons. The van der Waals surface area contributed by atoms with Crippen LogP contribution in [0.1, 0.15) is 61.9 Å². The number of hydrogen-bond donors (Lipinski definition) is 1. The third-order valence-electron chi connectivity index (χ3n) is 3.65. The van der Waals surface area contributed by atoms with Gasteiger partial charge in [0.15, 0.2) is 5.16 Å². The molecule has 1 rings (SSSR count). The van der Waals surface area contributed by atoms with Gasteiger partial charge in [0.25, 0.3) is 0 Å². The lowest BCUT2D eigenvalue weighted by molar-refractivity contribution is 0.605. The van der Waals surface area contributed by atoms with E-state index in [0.717, 1.165) is 28.0 Å². The first kappa shape index (κ1) is 17.8. The average molecular weight is 313 g/mol. The average Bonchev–Trinajstić information content (AvgIpc) is 2.43. The molecule has 0 aliphatic rings. The molecule has 0 bridgehead atoms. The van der Waals surface area contributed by atoms with Crippen molar-refractivity contribution < 1.29 is 0 Å². The summed E-state index contributed by atoms with van der Waals surface area (Å²) < 4.78 is 0. The van der Waals surface area contributed by atoms with Gasteiger partial charge in [0.2, 0.25) is 0 Å². The molecule has 0 spiro atoms. The Morgan fingerprint density at radius 2 is 1.30 bits per heavy atom. The van der Waals surface area contributed by atoms with Crippen LogP contribution in [0.15, 0.2) is 5.16 Å². The summed E-state index contributed by atoms with van der Waals surface area (Å²) in [6, 6.07) is 0. The first-order valence-corrected chi connectivity index (χ1v) is 9.32. The molecule has 0 amide bonds. The maximum Gasteiger partial charge on any atom is 0.187 e. The lowest BCUT2D eigenvalue weighted by Crippen LogP contribution is -1.98. The van der Waals surface area contributed by atoms with Crippen molar-refractivity contribution in [2.45, 2.75) is 70.9 Å². The molecule has 0 atom stereocenters. The summed E-state index contributed by atoms with van der Waals surface area (Å²) in [6.45, 7) is 6.23. The summed E-state index contributed by atoms with van der Waals surface area (Å²) in [5.74, 6) is 2.17. The van der Waals surface area contributed by atoms with E-state index in [1.54, 1.807) is 11.8 Å². The van der Waals surface area contributed by atoms with Gasteiger partial charge in [0.05, 0.1) is 0 Å². The SMILES string of the molecule is Cc1nc(SCCCCCCCCCS)nc(C)c1C. The summed E-state index contributed by atoms with van der Waals surface area (Å²) in [7, 11) is 0. The van der Waals surface area contributed by atoms with Gasteiger partial charge in [-0.2, -0.15) is 12.6 Å². The molecule has 0 saturated heterocycles. The van der Waals surface area contributed by atoms with Crippen molar-refractivity contribution in [3.63, 3.8) is 0 Å². The molecule has 4 heteroatoms. The number of aromatic nitrogens is 2. The van der Waals surface area contributed by atoms with Gasteiger partial charge in [0, 0.05) is 17.1 Å². The molecular weight excluding hydrogens is 284 g/mol. The predicted octanol–water partition coefficient (Wildman–Crippen LogP) is 5.15. The fourth-order valence-corrected chi connectivity index (χ4v) is 3.22. The minimum Gasteiger partial charge on any atom is -0.228 e. The number of thioether (sulfide) groups is 1. The molecule has 0 fully saturated rings. The zero-order valence-corrected chi connectivity index (χ0v) is 14.8. The maximum absolute atomic E-state index is 4.55. The van der Waals surface area contributed by atoms with E-state index >= 15 is 0 Å². The van der Waals surface area contributed by atoms with Gasteiger partial charge >= 0.3 is 0 Å². The van der Waals surface area contributed by atoms with Gasteiger partial charge in [0.1, 0.15) is 0 Å². The Hall–Kier alpha value is -0.220. The summed E-state index contributed by atoms with van der Waals surface area (Å²) in [5.41, 5.74) is 3.45. The van der Waals surface area contributed by atoms with E-state index in [1.807, 2.05) is 0 Å².